The summed E-state index contributed by atoms with van der Waals surface area (Å²) in [6, 6.07) is 6.32. The van der Waals surface area contributed by atoms with Crippen molar-refractivity contribution in [3.05, 3.63) is 35.6 Å². The van der Waals surface area contributed by atoms with Gasteiger partial charge in [0.2, 0.25) is 5.91 Å². The molecule has 0 aromatic heterocycles. The Balaban J connectivity index is 1.74. The number of amides is 1. The highest BCUT2D eigenvalue weighted by atomic mass is 19.1. The standard InChI is InChI=1S/C15H22FN3O/c16-13-3-1-12(2-4-13)11-15(20)18-14-5-8-19(9-6-14)10-7-17/h1-4,14H,5-11,17H2,(H,18,20). The fraction of sp³-hybridized carbons (Fsp3) is 0.533. The van der Waals surface area contributed by atoms with Crippen molar-refractivity contribution in [2.75, 3.05) is 26.2 Å². The van der Waals surface area contributed by atoms with E-state index in [1.54, 1.807) is 12.1 Å². The third-order valence-electron chi connectivity index (χ3n) is 3.68. The minimum Gasteiger partial charge on any atom is -0.353 e. The van der Waals surface area contributed by atoms with E-state index in [1.165, 1.54) is 12.1 Å². The normalized spacial score (nSPS) is 17.1. The molecule has 1 aromatic rings. The smallest absolute Gasteiger partial charge is 0.224 e. The van der Waals surface area contributed by atoms with E-state index in [0.29, 0.717) is 13.0 Å². The Morgan fingerprint density at radius 1 is 1.30 bits per heavy atom. The third kappa shape index (κ3) is 4.58. The lowest BCUT2D eigenvalue weighted by Crippen LogP contribution is -2.46. The van der Waals surface area contributed by atoms with Gasteiger partial charge in [-0.15, -0.1) is 0 Å². The molecule has 0 unspecified atom stereocenters. The predicted molar refractivity (Wildman–Crippen MR) is 76.8 cm³/mol. The quantitative estimate of drug-likeness (QED) is 0.842. The molecule has 0 spiro atoms. The number of nitrogens with two attached hydrogens (primary N) is 1. The highest BCUT2D eigenvalue weighted by Gasteiger charge is 2.19. The van der Waals surface area contributed by atoms with Gasteiger partial charge in [0.25, 0.3) is 0 Å². The van der Waals surface area contributed by atoms with Gasteiger partial charge in [-0.25, -0.2) is 4.39 Å². The van der Waals surface area contributed by atoms with Crippen LogP contribution in [0.1, 0.15) is 18.4 Å². The molecular formula is C15H22FN3O. The molecule has 1 amide bonds. The Morgan fingerprint density at radius 2 is 1.95 bits per heavy atom. The fourth-order valence-corrected chi connectivity index (χ4v) is 2.55. The summed E-state index contributed by atoms with van der Waals surface area (Å²) in [4.78, 5) is 14.3. The molecule has 1 heterocycles. The first kappa shape index (κ1) is 14.9. The molecule has 3 N–H and O–H groups in total. The Hall–Kier alpha value is -1.46. The molecule has 0 bridgehead atoms. The SMILES string of the molecule is NCCN1CCC(NC(=O)Cc2ccc(F)cc2)CC1. The highest BCUT2D eigenvalue weighted by Crippen LogP contribution is 2.10. The number of halogens is 1. The molecule has 1 saturated heterocycles. The zero-order chi connectivity index (χ0) is 14.4. The average molecular weight is 279 g/mol. The lowest BCUT2D eigenvalue weighted by molar-refractivity contribution is -0.121. The van der Waals surface area contributed by atoms with Gasteiger partial charge in [0.05, 0.1) is 6.42 Å². The van der Waals surface area contributed by atoms with Crippen LogP contribution in [0.5, 0.6) is 0 Å². The van der Waals surface area contributed by atoms with Crippen molar-refractivity contribution in [3.63, 3.8) is 0 Å². The minimum atomic E-state index is -0.276. The van der Waals surface area contributed by atoms with E-state index in [9.17, 15) is 9.18 Å². The number of nitrogens with zero attached hydrogens (tertiary/aromatic N) is 1. The molecule has 5 heteroatoms. The number of carbonyl (C=O) groups excluding carboxylic acids is 1. The Labute approximate surface area is 119 Å². The predicted octanol–water partition coefficient (Wildman–Crippen LogP) is 0.908. The molecule has 110 valence electrons. The molecule has 1 aliphatic heterocycles. The van der Waals surface area contributed by atoms with E-state index in [4.69, 9.17) is 5.73 Å². The molecule has 4 nitrogen and oxygen atoms in total. The zero-order valence-corrected chi connectivity index (χ0v) is 11.6. The number of benzene rings is 1. The molecule has 0 aliphatic carbocycles. The second-order valence-corrected chi connectivity index (χ2v) is 5.28. The van der Waals surface area contributed by atoms with Gasteiger partial charge in [-0.2, -0.15) is 0 Å². The second kappa shape index (κ2) is 7.36. The van der Waals surface area contributed by atoms with Gasteiger partial charge < -0.3 is 16.0 Å². The van der Waals surface area contributed by atoms with Crippen LogP contribution >= 0.6 is 0 Å². The second-order valence-electron chi connectivity index (χ2n) is 5.28. The molecule has 1 fully saturated rings. The van der Waals surface area contributed by atoms with Crippen molar-refractivity contribution in [1.82, 2.24) is 10.2 Å². The molecule has 0 saturated carbocycles. The molecule has 1 aliphatic rings. The molecule has 2 rings (SSSR count). The average Bonchev–Trinajstić information content (AvgIpc) is 2.44. The van der Waals surface area contributed by atoms with Gasteiger partial charge in [-0.3, -0.25) is 4.79 Å². The number of likely N-dealkylation sites (tertiary alicyclic amines) is 1. The Kier molecular flexibility index (Phi) is 5.49. The zero-order valence-electron chi connectivity index (χ0n) is 11.6. The van der Waals surface area contributed by atoms with Crippen LogP contribution in [0.2, 0.25) is 0 Å². The van der Waals surface area contributed by atoms with Crippen LogP contribution in [0.3, 0.4) is 0 Å². The van der Waals surface area contributed by atoms with Gasteiger partial charge >= 0.3 is 0 Å². The molecule has 1 aromatic carbocycles. The van der Waals surface area contributed by atoms with Crippen molar-refractivity contribution in [2.24, 2.45) is 5.73 Å². The van der Waals surface area contributed by atoms with Crippen molar-refractivity contribution in [2.45, 2.75) is 25.3 Å². The monoisotopic (exact) mass is 279 g/mol. The van der Waals surface area contributed by atoms with Gasteiger partial charge in [0.15, 0.2) is 0 Å². The molecule has 20 heavy (non-hydrogen) atoms. The number of hydrogen-bond donors (Lipinski definition) is 2. The van der Waals surface area contributed by atoms with E-state index in [-0.39, 0.29) is 17.8 Å². The lowest BCUT2D eigenvalue weighted by atomic mass is 10.0. The minimum absolute atomic E-state index is 0.00823. The Bertz CT molecular complexity index is 427. The number of rotatable bonds is 5. The van der Waals surface area contributed by atoms with Crippen LogP contribution in [-0.4, -0.2) is 43.0 Å². The largest absolute Gasteiger partial charge is 0.353 e. The van der Waals surface area contributed by atoms with E-state index in [1.807, 2.05) is 0 Å². The fourth-order valence-electron chi connectivity index (χ4n) is 2.55. The number of nitrogens with one attached hydrogen (secondary N) is 1. The topological polar surface area (TPSA) is 58.4 Å². The van der Waals surface area contributed by atoms with Crippen LogP contribution in [0, 0.1) is 5.82 Å². The van der Waals surface area contributed by atoms with E-state index in [0.717, 1.165) is 38.0 Å². The molecule has 0 atom stereocenters. The summed E-state index contributed by atoms with van der Waals surface area (Å²) in [7, 11) is 0. The van der Waals surface area contributed by atoms with Crippen LogP contribution in [0.25, 0.3) is 0 Å². The Morgan fingerprint density at radius 3 is 2.55 bits per heavy atom. The summed E-state index contributed by atoms with van der Waals surface area (Å²) >= 11 is 0. The van der Waals surface area contributed by atoms with Crippen LogP contribution < -0.4 is 11.1 Å². The van der Waals surface area contributed by atoms with Crippen LogP contribution in [-0.2, 0) is 11.2 Å². The number of piperidine rings is 1. The van der Waals surface area contributed by atoms with Crippen molar-refractivity contribution in [1.29, 1.82) is 0 Å². The maximum atomic E-state index is 12.8. The first-order valence-electron chi connectivity index (χ1n) is 7.13. The summed E-state index contributed by atoms with van der Waals surface area (Å²) < 4.78 is 12.8. The summed E-state index contributed by atoms with van der Waals surface area (Å²) in [6.45, 7) is 3.58. The maximum Gasteiger partial charge on any atom is 0.224 e. The maximum absolute atomic E-state index is 12.8. The van der Waals surface area contributed by atoms with Crippen molar-refractivity contribution >= 4 is 5.91 Å². The number of carbonyl (C=O) groups is 1. The first-order valence-corrected chi connectivity index (χ1v) is 7.13. The molecule has 0 radical (unpaired) electrons. The summed E-state index contributed by atoms with van der Waals surface area (Å²) in [5, 5.41) is 3.05. The van der Waals surface area contributed by atoms with Crippen LogP contribution in [0.4, 0.5) is 4.39 Å². The van der Waals surface area contributed by atoms with Crippen molar-refractivity contribution < 1.29 is 9.18 Å². The molecular weight excluding hydrogens is 257 g/mol. The summed E-state index contributed by atoms with van der Waals surface area (Å²) in [5.74, 6) is -0.268. The summed E-state index contributed by atoms with van der Waals surface area (Å²) in [5.41, 5.74) is 6.37. The van der Waals surface area contributed by atoms with E-state index in [2.05, 4.69) is 10.2 Å². The van der Waals surface area contributed by atoms with Gasteiger partial charge in [-0.05, 0) is 30.5 Å². The van der Waals surface area contributed by atoms with E-state index >= 15 is 0 Å². The van der Waals surface area contributed by atoms with Gasteiger partial charge in [0, 0.05) is 32.2 Å². The van der Waals surface area contributed by atoms with Crippen molar-refractivity contribution in [3.8, 4) is 0 Å². The first-order chi connectivity index (χ1) is 9.67. The van der Waals surface area contributed by atoms with Gasteiger partial charge in [-0.1, -0.05) is 12.1 Å². The number of hydrogen-bond acceptors (Lipinski definition) is 3. The lowest BCUT2D eigenvalue weighted by Gasteiger charge is -2.32. The van der Waals surface area contributed by atoms with E-state index < -0.39 is 0 Å². The van der Waals surface area contributed by atoms with Gasteiger partial charge in [0.1, 0.15) is 5.82 Å². The van der Waals surface area contributed by atoms with Crippen LogP contribution in [0.15, 0.2) is 24.3 Å². The summed E-state index contributed by atoms with van der Waals surface area (Å²) in [6.07, 6.45) is 2.24. The third-order valence-corrected chi connectivity index (χ3v) is 3.68. The highest BCUT2D eigenvalue weighted by molar-refractivity contribution is 5.78.